The van der Waals surface area contributed by atoms with Crippen molar-refractivity contribution in [2.75, 3.05) is 5.32 Å². The number of carbonyl (C=O) groups excluding carboxylic acids is 1. The van der Waals surface area contributed by atoms with Crippen LogP contribution >= 0.6 is 0 Å². The number of aromatic nitrogens is 2. The third kappa shape index (κ3) is 3.91. The molecule has 1 heterocycles. The predicted octanol–water partition coefficient (Wildman–Crippen LogP) is 3.83. The van der Waals surface area contributed by atoms with E-state index in [9.17, 15) is 4.79 Å². The molecule has 0 aliphatic rings. The van der Waals surface area contributed by atoms with Gasteiger partial charge in [0.15, 0.2) is 0 Å². The van der Waals surface area contributed by atoms with Crippen LogP contribution in [0.1, 0.15) is 15.9 Å². The zero-order chi connectivity index (χ0) is 16.1. The second-order valence-electron chi connectivity index (χ2n) is 4.98. The van der Waals surface area contributed by atoms with Crippen molar-refractivity contribution in [1.29, 1.82) is 0 Å². The molecule has 114 valence electrons. The summed E-state index contributed by atoms with van der Waals surface area (Å²) in [5.74, 6) is 0.389. The Labute approximate surface area is 134 Å². The number of hydrogen-bond donors (Lipinski definition) is 1. The minimum absolute atomic E-state index is 0.165. The Balaban J connectivity index is 1.74. The summed E-state index contributed by atoms with van der Waals surface area (Å²) in [6.07, 6.45) is 3.21. The number of carbonyl (C=O) groups is 1. The van der Waals surface area contributed by atoms with Crippen molar-refractivity contribution in [3.63, 3.8) is 0 Å². The molecule has 0 fully saturated rings. The fourth-order valence-electron chi connectivity index (χ4n) is 2.07. The number of nitrogens with one attached hydrogen (secondary N) is 1. The van der Waals surface area contributed by atoms with E-state index in [-0.39, 0.29) is 11.9 Å². The van der Waals surface area contributed by atoms with Gasteiger partial charge in [-0.25, -0.2) is 9.97 Å². The monoisotopic (exact) mass is 305 g/mol. The summed E-state index contributed by atoms with van der Waals surface area (Å²) in [5.41, 5.74) is 2.30. The van der Waals surface area contributed by atoms with E-state index >= 15 is 0 Å². The van der Waals surface area contributed by atoms with Crippen LogP contribution in [0.4, 0.5) is 5.69 Å². The molecule has 1 aromatic heterocycles. The summed E-state index contributed by atoms with van der Waals surface area (Å²) >= 11 is 0. The first kappa shape index (κ1) is 14.7. The van der Waals surface area contributed by atoms with Crippen molar-refractivity contribution in [2.45, 2.75) is 6.92 Å². The lowest BCUT2D eigenvalue weighted by molar-refractivity contribution is 0.102. The van der Waals surface area contributed by atoms with Gasteiger partial charge >= 0.3 is 6.01 Å². The zero-order valence-corrected chi connectivity index (χ0v) is 12.6. The van der Waals surface area contributed by atoms with Crippen LogP contribution in [-0.2, 0) is 0 Å². The van der Waals surface area contributed by atoms with Crippen molar-refractivity contribution in [1.82, 2.24) is 9.97 Å². The van der Waals surface area contributed by atoms with Crippen LogP contribution in [0.2, 0.25) is 0 Å². The van der Waals surface area contributed by atoms with Gasteiger partial charge in [0.2, 0.25) is 0 Å². The molecule has 3 aromatic rings. The first-order valence-corrected chi connectivity index (χ1v) is 7.14. The molecule has 3 rings (SSSR count). The number of amides is 1. The summed E-state index contributed by atoms with van der Waals surface area (Å²) in [7, 11) is 0. The van der Waals surface area contributed by atoms with Gasteiger partial charge in [-0.2, -0.15) is 0 Å². The van der Waals surface area contributed by atoms with Gasteiger partial charge in [0.25, 0.3) is 5.91 Å². The molecule has 0 saturated heterocycles. The van der Waals surface area contributed by atoms with Gasteiger partial charge in [-0.05, 0) is 37.3 Å². The molecule has 0 bridgehead atoms. The summed E-state index contributed by atoms with van der Waals surface area (Å²) < 4.78 is 5.55. The van der Waals surface area contributed by atoms with Crippen LogP contribution < -0.4 is 10.1 Å². The van der Waals surface area contributed by atoms with Gasteiger partial charge in [0, 0.05) is 29.7 Å². The molecule has 0 saturated carbocycles. The minimum atomic E-state index is -0.165. The Hall–Kier alpha value is -3.21. The summed E-state index contributed by atoms with van der Waals surface area (Å²) in [6, 6.07) is 16.5. The van der Waals surface area contributed by atoms with Crippen LogP contribution in [0, 0.1) is 6.92 Å². The first-order valence-electron chi connectivity index (χ1n) is 7.14. The number of ether oxygens (including phenoxy) is 1. The lowest BCUT2D eigenvalue weighted by Crippen LogP contribution is -2.11. The Bertz CT molecular complexity index is 819. The van der Waals surface area contributed by atoms with E-state index in [4.69, 9.17) is 4.74 Å². The summed E-state index contributed by atoms with van der Waals surface area (Å²) in [5, 5.41) is 2.85. The largest absolute Gasteiger partial charge is 0.424 e. The average molecular weight is 305 g/mol. The maximum absolute atomic E-state index is 12.3. The number of aryl methyl sites for hydroxylation is 1. The molecule has 0 unspecified atom stereocenters. The SMILES string of the molecule is Cc1cccc(C(=O)Nc2cccc(Oc3ncccn3)c2)c1. The lowest BCUT2D eigenvalue weighted by Gasteiger charge is -2.08. The normalized spacial score (nSPS) is 10.1. The maximum atomic E-state index is 12.3. The summed E-state index contributed by atoms with van der Waals surface area (Å²) in [6.45, 7) is 1.95. The van der Waals surface area contributed by atoms with Crippen LogP contribution in [0.5, 0.6) is 11.8 Å². The van der Waals surface area contributed by atoms with Gasteiger partial charge in [-0.1, -0.05) is 23.8 Å². The second kappa shape index (κ2) is 6.70. The van der Waals surface area contributed by atoms with Crippen molar-refractivity contribution in [3.05, 3.63) is 78.1 Å². The fraction of sp³-hybridized carbons (Fsp3) is 0.0556. The van der Waals surface area contributed by atoms with Crippen LogP contribution in [-0.4, -0.2) is 15.9 Å². The highest BCUT2D eigenvalue weighted by molar-refractivity contribution is 6.04. The molecule has 5 nitrogen and oxygen atoms in total. The molecule has 23 heavy (non-hydrogen) atoms. The number of hydrogen-bond acceptors (Lipinski definition) is 4. The Morgan fingerprint density at radius 2 is 1.78 bits per heavy atom. The number of benzene rings is 2. The molecule has 0 aliphatic heterocycles. The third-order valence-corrected chi connectivity index (χ3v) is 3.12. The van der Waals surface area contributed by atoms with Gasteiger partial charge in [0.1, 0.15) is 5.75 Å². The van der Waals surface area contributed by atoms with E-state index < -0.39 is 0 Å². The van der Waals surface area contributed by atoms with Gasteiger partial charge in [-0.3, -0.25) is 4.79 Å². The zero-order valence-electron chi connectivity index (χ0n) is 12.6. The highest BCUT2D eigenvalue weighted by Gasteiger charge is 2.07. The second-order valence-corrected chi connectivity index (χ2v) is 4.98. The molecule has 2 aromatic carbocycles. The van der Waals surface area contributed by atoms with E-state index in [1.165, 1.54) is 0 Å². The molecule has 0 radical (unpaired) electrons. The van der Waals surface area contributed by atoms with Gasteiger partial charge < -0.3 is 10.1 Å². The van der Waals surface area contributed by atoms with Crippen LogP contribution in [0.15, 0.2) is 67.0 Å². The standard InChI is InChI=1S/C18H15N3O2/c1-13-5-2-6-14(11-13)17(22)21-15-7-3-8-16(12-15)23-18-19-9-4-10-20-18/h2-12H,1H3,(H,21,22). The number of rotatable bonds is 4. The van der Waals surface area contributed by atoms with E-state index in [2.05, 4.69) is 15.3 Å². The van der Waals surface area contributed by atoms with Crippen molar-refractivity contribution in [2.24, 2.45) is 0 Å². The minimum Gasteiger partial charge on any atom is -0.424 e. The molecule has 0 atom stereocenters. The molecule has 1 amide bonds. The lowest BCUT2D eigenvalue weighted by atomic mass is 10.1. The van der Waals surface area contributed by atoms with Gasteiger partial charge in [-0.15, -0.1) is 0 Å². The van der Waals surface area contributed by atoms with E-state index in [1.54, 1.807) is 48.8 Å². The van der Waals surface area contributed by atoms with Crippen LogP contribution in [0.3, 0.4) is 0 Å². The van der Waals surface area contributed by atoms with Crippen molar-refractivity contribution < 1.29 is 9.53 Å². The molecule has 0 spiro atoms. The Morgan fingerprint density at radius 1 is 1.00 bits per heavy atom. The van der Waals surface area contributed by atoms with Crippen molar-refractivity contribution in [3.8, 4) is 11.8 Å². The van der Waals surface area contributed by atoms with E-state index in [1.807, 2.05) is 25.1 Å². The Kier molecular flexibility index (Phi) is 4.29. The maximum Gasteiger partial charge on any atom is 0.321 e. The molecule has 5 heteroatoms. The highest BCUT2D eigenvalue weighted by Crippen LogP contribution is 2.21. The van der Waals surface area contributed by atoms with Crippen molar-refractivity contribution >= 4 is 11.6 Å². The molecular formula is C18H15N3O2. The Morgan fingerprint density at radius 3 is 2.57 bits per heavy atom. The molecule has 0 aliphatic carbocycles. The topological polar surface area (TPSA) is 64.1 Å². The quantitative estimate of drug-likeness (QED) is 0.795. The molecule has 1 N–H and O–H groups in total. The van der Waals surface area contributed by atoms with Gasteiger partial charge in [0.05, 0.1) is 0 Å². The number of nitrogens with zero attached hydrogens (tertiary/aromatic N) is 2. The average Bonchev–Trinajstić information content (AvgIpc) is 2.56. The van der Waals surface area contributed by atoms with Crippen LogP contribution in [0.25, 0.3) is 0 Å². The molecular weight excluding hydrogens is 290 g/mol. The summed E-state index contributed by atoms with van der Waals surface area (Å²) in [4.78, 5) is 20.3. The fourth-order valence-corrected chi connectivity index (χ4v) is 2.07. The highest BCUT2D eigenvalue weighted by atomic mass is 16.5. The third-order valence-electron chi connectivity index (χ3n) is 3.12. The first-order chi connectivity index (χ1) is 11.2. The number of anilines is 1. The van der Waals surface area contributed by atoms with E-state index in [0.717, 1.165) is 5.56 Å². The predicted molar refractivity (Wildman–Crippen MR) is 87.7 cm³/mol. The van der Waals surface area contributed by atoms with E-state index in [0.29, 0.717) is 17.0 Å². The smallest absolute Gasteiger partial charge is 0.321 e.